The average Bonchev–Trinajstić information content (AvgIpc) is 2.89. The fourth-order valence-corrected chi connectivity index (χ4v) is 2.40. The van der Waals surface area contributed by atoms with Gasteiger partial charge in [0.15, 0.2) is 0 Å². The average molecular weight is 283 g/mol. The monoisotopic (exact) mass is 283 g/mol. The number of para-hydroxylation sites is 2. The summed E-state index contributed by atoms with van der Waals surface area (Å²) in [6.07, 6.45) is 1.77. The van der Waals surface area contributed by atoms with Gasteiger partial charge in [-0.05, 0) is 17.7 Å². The Kier molecular flexibility index (Phi) is 3.71. The second kappa shape index (κ2) is 5.66. The summed E-state index contributed by atoms with van der Waals surface area (Å²) in [5.41, 5.74) is 2.33. The number of aromatic nitrogens is 2. The Morgan fingerprint density at radius 2 is 1.95 bits per heavy atom. The first-order valence-electron chi connectivity index (χ1n) is 7.10. The minimum Gasteiger partial charge on any atom is -0.310 e. The van der Waals surface area contributed by atoms with Crippen molar-refractivity contribution in [1.82, 2.24) is 15.1 Å². The van der Waals surface area contributed by atoms with Crippen LogP contribution in [0.3, 0.4) is 0 Å². The minimum atomic E-state index is -0.257. The molecule has 2 aromatic carbocycles. The molecule has 0 fully saturated rings. The van der Waals surface area contributed by atoms with Gasteiger partial charge in [0, 0.05) is 18.0 Å². The quantitative estimate of drug-likeness (QED) is 0.792. The largest absolute Gasteiger partial charge is 0.310 e. The highest BCUT2D eigenvalue weighted by molar-refractivity contribution is 5.80. The molecule has 0 bridgehead atoms. The number of nitrogens with zero attached hydrogens (tertiary/aromatic N) is 2. The maximum absolute atomic E-state index is 14.4. The van der Waals surface area contributed by atoms with Gasteiger partial charge in [0.2, 0.25) is 0 Å². The van der Waals surface area contributed by atoms with E-state index in [0.29, 0.717) is 18.3 Å². The van der Waals surface area contributed by atoms with Crippen molar-refractivity contribution in [3.05, 3.63) is 60.0 Å². The van der Waals surface area contributed by atoms with Crippen LogP contribution in [0.25, 0.3) is 16.6 Å². The molecule has 3 aromatic rings. The van der Waals surface area contributed by atoms with E-state index in [0.717, 1.165) is 16.5 Å². The van der Waals surface area contributed by atoms with Crippen LogP contribution in [0.15, 0.2) is 48.7 Å². The van der Waals surface area contributed by atoms with Crippen LogP contribution in [0.4, 0.5) is 4.39 Å². The van der Waals surface area contributed by atoms with E-state index < -0.39 is 0 Å². The first kappa shape index (κ1) is 13.8. The zero-order chi connectivity index (χ0) is 14.8. The molecule has 108 valence electrons. The molecule has 0 atom stereocenters. The van der Waals surface area contributed by atoms with Gasteiger partial charge in [-0.3, -0.25) is 0 Å². The topological polar surface area (TPSA) is 29.9 Å². The Balaban J connectivity index is 2.12. The normalized spacial score (nSPS) is 11.4. The summed E-state index contributed by atoms with van der Waals surface area (Å²) in [5.74, 6) is -0.257. The van der Waals surface area contributed by atoms with Crippen LogP contribution in [0, 0.1) is 5.82 Å². The molecule has 0 saturated heterocycles. The second-order valence-corrected chi connectivity index (χ2v) is 5.40. The van der Waals surface area contributed by atoms with Crippen molar-refractivity contribution < 1.29 is 4.39 Å². The predicted molar refractivity (Wildman–Crippen MR) is 83.0 cm³/mol. The molecule has 1 heterocycles. The Labute approximate surface area is 123 Å². The number of hydrogen-bond donors (Lipinski definition) is 1. The fourth-order valence-electron chi connectivity index (χ4n) is 2.40. The summed E-state index contributed by atoms with van der Waals surface area (Å²) in [6, 6.07) is 13.3. The SMILES string of the molecule is CC(C)NCc1cccc(F)c1-n1ncc2ccccc21. The van der Waals surface area contributed by atoms with Gasteiger partial charge in [0.1, 0.15) is 11.5 Å². The van der Waals surface area contributed by atoms with Crippen LogP contribution < -0.4 is 5.32 Å². The molecule has 0 unspecified atom stereocenters. The summed E-state index contributed by atoms with van der Waals surface area (Å²) in [7, 11) is 0. The van der Waals surface area contributed by atoms with E-state index in [2.05, 4.69) is 24.3 Å². The second-order valence-electron chi connectivity index (χ2n) is 5.40. The summed E-state index contributed by atoms with van der Waals surface area (Å²) in [6.45, 7) is 4.75. The van der Waals surface area contributed by atoms with E-state index in [4.69, 9.17) is 0 Å². The lowest BCUT2D eigenvalue weighted by atomic mass is 10.1. The molecule has 1 N–H and O–H groups in total. The highest BCUT2D eigenvalue weighted by Crippen LogP contribution is 2.23. The highest BCUT2D eigenvalue weighted by atomic mass is 19.1. The molecule has 0 aliphatic heterocycles. The van der Waals surface area contributed by atoms with Crippen LogP contribution in [0.2, 0.25) is 0 Å². The van der Waals surface area contributed by atoms with Gasteiger partial charge in [-0.1, -0.05) is 44.2 Å². The third kappa shape index (κ3) is 2.67. The summed E-state index contributed by atoms with van der Waals surface area (Å²) >= 11 is 0. The van der Waals surface area contributed by atoms with E-state index in [1.54, 1.807) is 16.9 Å². The van der Waals surface area contributed by atoms with Gasteiger partial charge < -0.3 is 5.32 Å². The Hall–Kier alpha value is -2.20. The van der Waals surface area contributed by atoms with Crippen molar-refractivity contribution in [3.8, 4) is 5.69 Å². The standard InChI is InChI=1S/C17H18FN3/c1-12(2)19-10-14-7-5-8-15(18)17(14)21-16-9-4-3-6-13(16)11-20-21/h3-9,11-12,19H,10H2,1-2H3. The van der Waals surface area contributed by atoms with E-state index >= 15 is 0 Å². The van der Waals surface area contributed by atoms with E-state index in [1.807, 2.05) is 30.3 Å². The van der Waals surface area contributed by atoms with Crippen LogP contribution in [-0.4, -0.2) is 15.8 Å². The van der Waals surface area contributed by atoms with Gasteiger partial charge in [0.05, 0.1) is 11.7 Å². The maximum Gasteiger partial charge on any atom is 0.149 e. The van der Waals surface area contributed by atoms with Crippen molar-refractivity contribution in [1.29, 1.82) is 0 Å². The summed E-state index contributed by atoms with van der Waals surface area (Å²) < 4.78 is 16.1. The van der Waals surface area contributed by atoms with Crippen LogP contribution in [0.1, 0.15) is 19.4 Å². The summed E-state index contributed by atoms with van der Waals surface area (Å²) in [4.78, 5) is 0. The minimum absolute atomic E-state index is 0.257. The molecular formula is C17H18FN3. The van der Waals surface area contributed by atoms with Crippen LogP contribution >= 0.6 is 0 Å². The first-order chi connectivity index (χ1) is 10.2. The Morgan fingerprint density at radius 1 is 1.14 bits per heavy atom. The van der Waals surface area contributed by atoms with Crippen LogP contribution in [-0.2, 0) is 6.54 Å². The van der Waals surface area contributed by atoms with Gasteiger partial charge in [0.25, 0.3) is 0 Å². The molecule has 0 aliphatic carbocycles. The smallest absolute Gasteiger partial charge is 0.149 e. The van der Waals surface area contributed by atoms with Crippen molar-refractivity contribution in [2.24, 2.45) is 0 Å². The van der Waals surface area contributed by atoms with Crippen molar-refractivity contribution in [2.45, 2.75) is 26.4 Å². The number of halogens is 1. The molecule has 3 rings (SSSR count). The molecule has 3 nitrogen and oxygen atoms in total. The highest BCUT2D eigenvalue weighted by Gasteiger charge is 2.14. The molecule has 0 saturated carbocycles. The van der Waals surface area contributed by atoms with E-state index in [1.165, 1.54) is 6.07 Å². The number of nitrogens with one attached hydrogen (secondary N) is 1. The molecule has 0 aliphatic rings. The lowest BCUT2D eigenvalue weighted by molar-refractivity contribution is 0.574. The fraction of sp³-hybridized carbons (Fsp3) is 0.235. The Morgan fingerprint density at radius 3 is 2.76 bits per heavy atom. The third-order valence-electron chi connectivity index (χ3n) is 3.46. The molecule has 0 radical (unpaired) electrons. The van der Waals surface area contributed by atoms with Crippen LogP contribution in [0.5, 0.6) is 0 Å². The number of hydrogen-bond acceptors (Lipinski definition) is 2. The van der Waals surface area contributed by atoms with E-state index in [9.17, 15) is 4.39 Å². The molecule has 4 heteroatoms. The van der Waals surface area contributed by atoms with Gasteiger partial charge in [-0.2, -0.15) is 5.10 Å². The molecule has 0 amide bonds. The lowest BCUT2D eigenvalue weighted by Gasteiger charge is -2.14. The number of rotatable bonds is 4. The zero-order valence-electron chi connectivity index (χ0n) is 12.2. The van der Waals surface area contributed by atoms with Crippen molar-refractivity contribution in [3.63, 3.8) is 0 Å². The van der Waals surface area contributed by atoms with Gasteiger partial charge in [-0.15, -0.1) is 0 Å². The number of fused-ring (bicyclic) bond motifs is 1. The van der Waals surface area contributed by atoms with Crippen molar-refractivity contribution >= 4 is 10.9 Å². The molecule has 1 aromatic heterocycles. The third-order valence-corrected chi connectivity index (χ3v) is 3.46. The Bertz CT molecular complexity index is 762. The molecular weight excluding hydrogens is 265 g/mol. The summed E-state index contributed by atoms with van der Waals surface area (Å²) in [5, 5.41) is 8.70. The number of benzene rings is 2. The molecule has 0 spiro atoms. The van der Waals surface area contributed by atoms with E-state index in [-0.39, 0.29) is 5.82 Å². The zero-order valence-corrected chi connectivity index (χ0v) is 12.2. The predicted octanol–water partition coefficient (Wildman–Crippen LogP) is 3.66. The van der Waals surface area contributed by atoms with Gasteiger partial charge in [-0.25, -0.2) is 9.07 Å². The maximum atomic E-state index is 14.4. The van der Waals surface area contributed by atoms with Gasteiger partial charge >= 0.3 is 0 Å². The lowest BCUT2D eigenvalue weighted by Crippen LogP contribution is -2.23. The molecule has 21 heavy (non-hydrogen) atoms. The first-order valence-corrected chi connectivity index (χ1v) is 7.10. The van der Waals surface area contributed by atoms with Crippen molar-refractivity contribution in [2.75, 3.05) is 0 Å².